The molecule has 2 aliphatic heterocycles. The summed E-state index contributed by atoms with van der Waals surface area (Å²) in [5.74, 6) is -0.221. The van der Waals surface area contributed by atoms with Crippen LogP contribution in [0.15, 0.2) is 12.1 Å². The number of anilines is 1. The number of aryl methyl sites for hydroxylation is 1. The number of halogens is 2. The summed E-state index contributed by atoms with van der Waals surface area (Å²) in [6.07, 6.45) is 2.29. The Morgan fingerprint density at radius 1 is 1.36 bits per heavy atom. The molecule has 3 rings (SSSR count). The van der Waals surface area contributed by atoms with E-state index in [1.165, 1.54) is 0 Å². The first-order chi connectivity index (χ1) is 10.5. The van der Waals surface area contributed by atoms with Crippen LogP contribution in [0.4, 0.5) is 14.5 Å². The number of pyridine rings is 1. The first-order valence-corrected chi connectivity index (χ1v) is 7.43. The summed E-state index contributed by atoms with van der Waals surface area (Å²) in [6.45, 7) is 1.04. The van der Waals surface area contributed by atoms with Gasteiger partial charge >= 0.3 is 6.61 Å². The number of carbonyl (C=O) groups is 1. The van der Waals surface area contributed by atoms with Crippen molar-refractivity contribution in [1.29, 1.82) is 0 Å². The Labute approximate surface area is 127 Å². The minimum atomic E-state index is -2.96. The van der Waals surface area contributed by atoms with Gasteiger partial charge in [0.1, 0.15) is 5.69 Å². The third-order valence-corrected chi connectivity index (χ3v) is 4.46. The molecule has 0 radical (unpaired) electrons. The molecule has 1 aromatic rings. The Morgan fingerprint density at radius 3 is 2.77 bits per heavy atom. The van der Waals surface area contributed by atoms with Crippen LogP contribution in [0.25, 0.3) is 0 Å². The predicted molar refractivity (Wildman–Crippen MR) is 77.1 cm³/mol. The maximum atomic E-state index is 12.6. The SMILES string of the molecule is Cc1ccc(N2CC3(CCNCC3)CC2=O)c(OC(F)F)n1. The number of alkyl halides is 2. The number of carbonyl (C=O) groups excluding carboxylic acids is 1. The van der Waals surface area contributed by atoms with Gasteiger partial charge in [-0.3, -0.25) is 4.79 Å². The van der Waals surface area contributed by atoms with Crippen molar-refractivity contribution in [2.75, 3.05) is 24.5 Å². The lowest BCUT2D eigenvalue weighted by Crippen LogP contribution is -2.38. The van der Waals surface area contributed by atoms with Crippen LogP contribution in [0.5, 0.6) is 5.88 Å². The maximum absolute atomic E-state index is 12.6. The smallest absolute Gasteiger partial charge is 0.388 e. The summed E-state index contributed by atoms with van der Waals surface area (Å²) in [5, 5.41) is 3.28. The Kier molecular flexibility index (Phi) is 3.99. The molecule has 120 valence electrons. The number of amides is 1. The van der Waals surface area contributed by atoms with E-state index in [0.717, 1.165) is 25.9 Å². The molecule has 2 fully saturated rings. The Hall–Kier alpha value is -1.76. The van der Waals surface area contributed by atoms with Crippen LogP contribution in [-0.4, -0.2) is 37.1 Å². The lowest BCUT2D eigenvalue weighted by Gasteiger charge is -2.33. The minimum Gasteiger partial charge on any atom is -0.415 e. The molecule has 0 saturated carbocycles. The van der Waals surface area contributed by atoms with Gasteiger partial charge in [-0.05, 0) is 50.4 Å². The third kappa shape index (κ3) is 2.90. The molecule has 0 bridgehead atoms. The van der Waals surface area contributed by atoms with Gasteiger partial charge in [-0.1, -0.05) is 0 Å². The highest BCUT2D eigenvalue weighted by Gasteiger charge is 2.45. The van der Waals surface area contributed by atoms with Crippen LogP contribution in [-0.2, 0) is 4.79 Å². The average molecular weight is 311 g/mol. The standard InChI is InChI=1S/C15H19F2N3O2/c1-10-2-3-11(13(19-10)22-14(16)17)20-9-15(8-12(20)21)4-6-18-7-5-15/h2-3,14,18H,4-9H2,1H3. The number of nitrogens with one attached hydrogen (secondary N) is 1. The maximum Gasteiger partial charge on any atom is 0.388 e. The van der Waals surface area contributed by atoms with Gasteiger partial charge in [-0.2, -0.15) is 8.78 Å². The molecule has 7 heteroatoms. The molecule has 0 atom stereocenters. The first-order valence-electron chi connectivity index (χ1n) is 7.43. The minimum absolute atomic E-state index is 0.0494. The lowest BCUT2D eigenvalue weighted by molar-refractivity contribution is -0.118. The molecule has 22 heavy (non-hydrogen) atoms. The number of rotatable bonds is 3. The van der Waals surface area contributed by atoms with E-state index in [-0.39, 0.29) is 17.2 Å². The van der Waals surface area contributed by atoms with Gasteiger partial charge in [0, 0.05) is 18.7 Å². The van der Waals surface area contributed by atoms with E-state index in [9.17, 15) is 13.6 Å². The Morgan fingerprint density at radius 2 is 2.09 bits per heavy atom. The molecule has 0 unspecified atom stereocenters. The summed E-state index contributed by atoms with van der Waals surface area (Å²) >= 11 is 0. The summed E-state index contributed by atoms with van der Waals surface area (Å²) < 4.78 is 29.7. The van der Waals surface area contributed by atoms with Crippen molar-refractivity contribution < 1.29 is 18.3 Å². The molecular weight excluding hydrogens is 292 g/mol. The van der Waals surface area contributed by atoms with Gasteiger partial charge in [-0.15, -0.1) is 0 Å². The molecular formula is C15H19F2N3O2. The number of hydrogen-bond acceptors (Lipinski definition) is 4. The van der Waals surface area contributed by atoms with Gasteiger partial charge in [0.25, 0.3) is 0 Å². The molecule has 1 aromatic heterocycles. The van der Waals surface area contributed by atoms with E-state index in [0.29, 0.717) is 24.3 Å². The largest absolute Gasteiger partial charge is 0.415 e. The highest BCUT2D eigenvalue weighted by molar-refractivity contribution is 5.97. The van der Waals surface area contributed by atoms with Crippen LogP contribution in [0, 0.1) is 12.3 Å². The molecule has 1 spiro atoms. The van der Waals surface area contributed by atoms with Crippen molar-refractivity contribution >= 4 is 11.6 Å². The van der Waals surface area contributed by atoms with E-state index in [1.807, 2.05) is 0 Å². The predicted octanol–water partition coefficient (Wildman–Crippen LogP) is 2.10. The second-order valence-corrected chi connectivity index (χ2v) is 6.06. The van der Waals surface area contributed by atoms with Gasteiger partial charge in [0.2, 0.25) is 11.8 Å². The topological polar surface area (TPSA) is 54.5 Å². The van der Waals surface area contributed by atoms with Crippen LogP contribution in [0.1, 0.15) is 25.0 Å². The van der Waals surface area contributed by atoms with Crippen molar-refractivity contribution in [3.8, 4) is 5.88 Å². The van der Waals surface area contributed by atoms with Gasteiger partial charge < -0.3 is 15.0 Å². The van der Waals surface area contributed by atoms with Gasteiger partial charge in [0.15, 0.2) is 0 Å². The third-order valence-electron chi connectivity index (χ3n) is 4.46. The Bertz CT molecular complexity index is 574. The number of ether oxygens (including phenoxy) is 1. The molecule has 0 aromatic carbocycles. The van der Waals surface area contributed by atoms with E-state index in [2.05, 4.69) is 15.0 Å². The summed E-state index contributed by atoms with van der Waals surface area (Å²) in [4.78, 5) is 18.0. The molecule has 1 N–H and O–H groups in total. The summed E-state index contributed by atoms with van der Waals surface area (Å²) in [6, 6.07) is 3.34. The van der Waals surface area contributed by atoms with E-state index >= 15 is 0 Å². The molecule has 2 saturated heterocycles. The lowest BCUT2D eigenvalue weighted by atomic mass is 9.78. The first kappa shape index (κ1) is 15.1. The number of hydrogen-bond donors (Lipinski definition) is 1. The van der Waals surface area contributed by atoms with Crippen molar-refractivity contribution in [2.45, 2.75) is 32.8 Å². The molecule has 5 nitrogen and oxygen atoms in total. The zero-order chi connectivity index (χ0) is 15.7. The van der Waals surface area contributed by atoms with Gasteiger partial charge in [-0.25, -0.2) is 4.98 Å². The molecule has 0 aliphatic carbocycles. The monoisotopic (exact) mass is 311 g/mol. The number of nitrogens with zero attached hydrogens (tertiary/aromatic N) is 2. The van der Waals surface area contributed by atoms with Crippen molar-refractivity contribution in [1.82, 2.24) is 10.3 Å². The van der Waals surface area contributed by atoms with Crippen LogP contribution < -0.4 is 15.0 Å². The fourth-order valence-corrected chi connectivity index (χ4v) is 3.31. The normalized spacial score (nSPS) is 20.9. The average Bonchev–Trinajstić information content (AvgIpc) is 2.75. The molecule has 1 amide bonds. The van der Waals surface area contributed by atoms with E-state index in [1.54, 1.807) is 24.0 Å². The fraction of sp³-hybridized carbons (Fsp3) is 0.600. The molecule has 3 heterocycles. The summed E-state index contributed by atoms with van der Waals surface area (Å²) in [7, 11) is 0. The van der Waals surface area contributed by atoms with E-state index in [4.69, 9.17) is 0 Å². The highest BCUT2D eigenvalue weighted by Crippen LogP contribution is 2.43. The van der Waals surface area contributed by atoms with Crippen LogP contribution >= 0.6 is 0 Å². The van der Waals surface area contributed by atoms with E-state index < -0.39 is 6.61 Å². The van der Waals surface area contributed by atoms with Crippen LogP contribution in [0.3, 0.4) is 0 Å². The zero-order valence-electron chi connectivity index (χ0n) is 12.4. The molecule has 2 aliphatic rings. The quantitative estimate of drug-likeness (QED) is 0.929. The second kappa shape index (κ2) is 5.79. The highest BCUT2D eigenvalue weighted by atomic mass is 19.3. The van der Waals surface area contributed by atoms with Crippen LogP contribution in [0.2, 0.25) is 0 Å². The van der Waals surface area contributed by atoms with Crippen molar-refractivity contribution in [2.24, 2.45) is 5.41 Å². The Balaban J connectivity index is 1.89. The number of piperidine rings is 1. The number of aromatic nitrogens is 1. The zero-order valence-corrected chi connectivity index (χ0v) is 12.4. The second-order valence-electron chi connectivity index (χ2n) is 6.06. The summed E-state index contributed by atoms with van der Waals surface area (Å²) in [5.41, 5.74) is 0.851. The van der Waals surface area contributed by atoms with Crippen molar-refractivity contribution in [3.05, 3.63) is 17.8 Å². The van der Waals surface area contributed by atoms with Crippen molar-refractivity contribution in [3.63, 3.8) is 0 Å². The fourth-order valence-electron chi connectivity index (χ4n) is 3.31. The van der Waals surface area contributed by atoms with Gasteiger partial charge in [0.05, 0.1) is 0 Å².